The minimum atomic E-state index is -0.188. The Morgan fingerprint density at radius 3 is 2.62 bits per heavy atom. The van der Waals surface area contributed by atoms with Crippen molar-refractivity contribution in [2.24, 2.45) is 0 Å². The van der Waals surface area contributed by atoms with Crippen LogP contribution in [0.2, 0.25) is 0 Å². The third kappa shape index (κ3) is 5.58. The molecular formula is C21H20N2O4S2. The van der Waals surface area contributed by atoms with Gasteiger partial charge in [0.05, 0.1) is 4.91 Å². The molecule has 0 atom stereocenters. The topological polar surface area (TPSA) is 89.9 Å². The molecule has 0 saturated carbocycles. The lowest BCUT2D eigenvalue weighted by molar-refractivity contribution is -0.123. The molecule has 2 aromatic carbocycles. The Kier molecular flexibility index (Phi) is 6.90. The van der Waals surface area contributed by atoms with Crippen LogP contribution >= 0.6 is 24.0 Å². The summed E-state index contributed by atoms with van der Waals surface area (Å²) in [5.74, 6) is -0.736. The lowest BCUT2D eigenvalue weighted by Gasteiger charge is -2.14. The average molecular weight is 429 g/mol. The van der Waals surface area contributed by atoms with Crippen molar-refractivity contribution in [1.82, 2.24) is 10.2 Å². The predicted octanol–water partition coefficient (Wildman–Crippen LogP) is 3.05. The predicted molar refractivity (Wildman–Crippen MR) is 117 cm³/mol. The van der Waals surface area contributed by atoms with E-state index in [1.54, 1.807) is 12.1 Å². The van der Waals surface area contributed by atoms with Crippen LogP contribution in [0, 0.1) is 0 Å². The number of aromatic hydroxyl groups is 2. The number of amides is 2. The number of carbonyl (C=O) groups is 2. The van der Waals surface area contributed by atoms with Crippen molar-refractivity contribution >= 4 is 46.2 Å². The largest absolute Gasteiger partial charge is 0.504 e. The molecule has 1 heterocycles. The first-order chi connectivity index (χ1) is 13.9. The Hall–Kier alpha value is -2.84. The van der Waals surface area contributed by atoms with Gasteiger partial charge in [-0.2, -0.15) is 0 Å². The molecule has 2 amide bonds. The number of hydrogen-bond donors (Lipinski definition) is 3. The van der Waals surface area contributed by atoms with Crippen LogP contribution < -0.4 is 5.32 Å². The molecule has 29 heavy (non-hydrogen) atoms. The standard InChI is InChI=1S/C21H20N2O4S2/c24-16-7-6-15(12-17(16)25)8-10-22-19(26)9-11-23-20(27)18(29-21(23)28)13-14-4-2-1-3-5-14/h1-7,12-13,24-25H,8-11H2,(H,22,26)/b18-13+. The fourth-order valence-electron chi connectivity index (χ4n) is 2.77. The van der Waals surface area contributed by atoms with Gasteiger partial charge in [-0.3, -0.25) is 14.5 Å². The van der Waals surface area contributed by atoms with E-state index in [9.17, 15) is 19.8 Å². The van der Waals surface area contributed by atoms with Gasteiger partial charge in [0.15, 0.2) is 11.5 Å². The van der Waals surface area contributed by atoms with Gasteiger partial charge in [-0.15, -0.1) is 0 Å². The van der Waals surface area contributed by atoms with E-state index >= 15 is 0 Å². The first kappa shape index (κ1) is 20.9. The Morgan fingerprint density at radius 2 is 1.90 bits per heavy atom. The molecule has 0 radical (unpaired) electrons. The van der Waals surface area contributed by atoms with Crippen LogP contribution in [0.4, 0.5) is 0 Å². The van der Waals surface area contributed by atoms with Crippen molar-refractivity contribution in [1.29, 1.82) is 0 Å². The van der Waals surface area contributed by atoms with Crippen molar-refractivity contribution in [2.45, 2.75) is 12.8 Å². The Morgan fingerprint density at radius 1 is 1.14 bits per heavy atom. The average Bonchev–Trinajstić information content (AvgIpc) is 2.96. The van der Waals surface area contributed by atoms with Crippen molar-refractivity contribution in [3.63, 3.8) is 0 Å². The van der Waals surface area contributed by atoms with Gasteiger partial charge in [0.1, 0.15) is 4.32 Å². The monoisotopic (exact) mass is 428 g/mol. The van der Waals surface area contributed by atoms with Gasteiger partial charge in [0, 0.05) is 19.5 Å². The summed E-state index contributed by atoms with van der Waals surface area (Å²) in [7, 11) is 0. The lowest BCUT2D eigenvalue weighted by Crippen LogP contribution is -2.34. The minimum Gasteiger partial charge on any atom is -0.504 e. The molecule has 1 aliphatic rings. The van der Waals surface area contributed by atoms with Crippen LogP contribution in [0.5, 0.6) is 11.5 Å². The number of phenols is 2. The summed E-state index contributed by atoms with van der Waals surface area (Å²) >= 11 is 6.53. The number of benzene rings is 2. The van der Waals surface area contributed by atoms with E-state index < -0.39 is 0 Å². The number of thioether (sulfide) groups is 1. The molecule has 1 saturated heterocycles. The molecule has 0 aliphatic carbocycles. The zero-order chi connectivity index (χ0) is 20.8. The summed E-state index contributed by atoms with van der Waals surface area (Å²) in [5.41, 5.74) is 1.72. The number of nitrogens with one attached hydrogen (secondary N) is 1. The second-order valence-electron chi connectivity index (χ2n) is 6.42. The second kappa shape index (κ2) is 9.58. The number of hydrogen-bond acceptors (Lipinski definition) is 6. The summed E-state index contributed by atoms with van der Waals surface area (Å²) in [6.45, 7) is 0.609. The van der Waals surface area contributed by atoms with Gasteiger partial charge >= 0.3 is 0 Å². The molecule has 3 N–H and O–H groups in total. The zero-order valence-corrected chi connectivity index (χ0v) is 17.1. The van der Waals surface area contributed by atoms with Crippen LogP contribution in [0.1, 0.15) is 17.5 Å². The van der Waals surface area contributed by atoms with E-state index in [4.69, 9.17) is 12.2 Å². The first-order valence-electron chi connectivity index (χ1n) is 9.02. The molecule has 1 fully saturated rings. The quantitative estimate of drug-likeness (QED) is 0.357. The fourth-order valence-corrected chi connectivity index (χ4v) is 4.07. The van der Waals surface area contributed by atoms with Crippen LogP contribution in [-0.4, -0.2) is 44.3 Å². The van der Waals surface area contributed by atoms with Crippen LogP contribution in [0.3, 0.4) is 0 Å². The Balaban J connectivity index is 1.47. The van der Waals surface area contributed by atoms with Crippen LogP contribution in [-0.2, 0) is 16.0 Å². The lowest BCUT2D eigenvalue weighted by atomic mass is 10.1. The molecular weight excluding hydrogens is 408 g/mol. The number of nitrogens with zero attached hydrogens (tertiary/aromatic N) is 1. The Bertz CT molecular complexity index is 960. The summed E-state index contributed by atoms with van der Waals surface area (Å²) < 4.78 is 0.449. The maximum atomic E-state index is 12.6. The van der Waals surface area contributed by atoms with E-state index in [-0.39, 0.29) is 36.3 Å². The maximum absolute atomic E-state index is 12.6. The summed E-state index contributed by atoms with van der Waals surface area (Å²) in [5, 5.41) is 21.6. The van der Waals surface area contributed by atoms with Gasteiger partial charge in [-0.25, -0.2) is 0 Å². The molecule has 3 rings (SSSR count). The normalized spacial score (nSPS) is 15.2. The number of thiocarbonyl (C=S) groups is 1. The van der Waals surface area contributed by atoms with Gasteiger partial charge in [-0.1, -0.05) is 60.4 Å². The number of phenolic OH excluding ortho intramolecular Hbond substituents is 2. The van der Waals surface area contributed by atoms with Crippen molar-refractivity contribution < 1.29 is 19.8 Å². The van der Waals surface area contributed by atoms with Gasteiger partial charge in [0.2, 0.25) is 5.91 Å². The van der Waals surface area contributed by atoms with Crippen molar-refractivity contribution in [3.8, 4) is 11.5 Å². The van der Waals surface area contributed by atoms with Gasteiger partial charge in [0.25, 0.3) is 5.91 Å². The molecule has 2 aromatic rings. The smallest absolute Gasteiger partial charge is 0.266 e. The van der Waals surface area contributed by atoms with E-state index in [0.29, 0.717) is 22.2 Å². The maximum Gasteiger partial charge on any atom is 0.266 e. The Labute approximate surface area is 178 Å². The first-order valence-corrected chi connectivity index (χ1v) is 10.2. The molecule has 0 bridgehead atoms. The van der Waals surface area contributed by atoms with Crippen molar-refractivity contribution in [3.05, 3.63) is 64.6 Å². The van der Waals surface area contributed by atoms with Crippen LogP contribution in [0.15, 0.2) is 53.4 Å². The number of carbonyl (C=O) groups excluding carboxylic acids is 2. The highest BCUT2D eigenvalue weighted by molar-refractivity contribution is 8.26. The summed E-state index contributed by atoms with van der Waals surface area (Å²) in [6, 6.07) is 14.1. The van der Waals surface area contributed by atoms with E-state index in [1.165, 1.54) is 28.8 Å². The molecule has 6 nitrogen and oxygen atoms in total. The molecule has 0 aromatic heterocycles. The third-order valence-electron chi connectivity index (χ3n) is 4.31. The highest BCUT2D eigenvalue weighted by Gasteiger charge is 2.31. The fraction of sp³-hybridized carbons (Fsp3) is 0.190. The van der Waals surface area contributed by atoms with E-state index in [0.717, 1.165) is 11.1 Å². The summed E-state index contributed by atoms with van der Waals surface area (Å²) in [4.78, 5) is 26.7. The van der Waals surface area contributed by atoms with E-state index in [1.807, 2.05) is 30.3 Å². The van der Waals surface area contributed by atoms with Crippen molar-refractivity contribution in [2.75, 3.05) is 13.1 Å². The summed E-state index contributed by atoms with van der Waals surface area (Å²) in [6.07, 6.45) is 2.46. The highest BCUT2D eigenvalue weighted by Crippen LogP contribution is 2.32. The SMILES string of the molecule is O=C(CCN1C(=O)/C(=C\c2ccccc2)SC1=S)NCCc1ccc(O)c(O)c1. The minimum absolute atomic E-state index is 0.145. The third-order valence-corrected chi connectivity index (χ3v) is 5.69. The molecule has 150 valence electrons. The number of rotatable bonds is 7. The molecule has 0 unspecified atom stereocenters. The molecule has 8 heteroatoms. The highest BCUT2D eigenvalue weighted by atomic mass is 32.2. The zero-order valence-electron chi connectivity index (χ0n) is 15.5. The van der Waals surface area contributed by atoms with E-state index in [2.05, 4.69) is 5.32 Å². The van der Waals surface area contributed by atoms with Gasteiger partial charge in [-0.05, 0) is 35.8 Å². The molecule has 1 aliphatic heterocycles. The second-order valence-corrected chi connectivity index (χ2v) is 8.09. The van der Waals surface area contributed by atoms with Crippen LogP contribution in [0.25, 0.3) is 6.08 Å². The molecule has 0 spiro atoms. The van der Waals surface area contributed by atoms with Gasteiger partial charge < -0.3 is 15.5 Å².